The van der Waals surface area contributed by atoms with Crippen molar-refractivity contribution in [2.75, 3.05) is 13.2 Å². The third-order valence-electron chi connectivity index (χ3n) is 1.82. The van der Waals surface area contributed by atoms with Crippen LogP contribution in [0.1, 0.15) is 13.8 Å². The molecule has 0 saturated heterocycles. The Morgan fingerprint density at radius 3 is 1.43 bits per heavy atom. The maximum Gasteiger partial charge on any atom is 0.333 e. The van der Waals surface area contributed by atoms with Crippen LogP contribution in [0.2, 0.25) is 26.2 Å². The lowest BCUT2D eigenvalue weighted by atomic mass is 10.4. The molecule has 21 heavy (non-hydrogen) atoms. The fraction of sp³-hybridized carbons (Fsp3) is 0.571. The van der Waals surface area contributed by atoms with Gasteiger partial charge >= 0.3 is 11.9 Å². The minimum Gasteiger partial charge on any atom is -0.461 e. The number of rotatable bonds is 7. The van der Waals surface area contributed by atoms with E-state index in [0.717, 1.165) is 0 Å². The minimum atomic E-state index is -1.10. The zero-order valence-corrected chi connectivity index (χ0v) is 16.5. The maximum atomic E-state index is 10.8. The monoisotopic (exact) mass is 332 g/mol. The van der Waals surface area contributed by atoms with Crippen molar-refractivity contribution in [3.8, 4) is 0 Å². The van der Waals surface area contributed by atoms with Gasteiger partial charge in [0.25, 0.3) is 0 Å². The average Bonchev–Trinajstić information content (AvgIpc) is 2.32. The van der Waals surface area contributed by atoms with Gasteiger partial charge in [-0.25, -0.2) is 9.59 Å². The Labute approximate surface area is 131 Å². The molecule has 5 nitrogen and oxygen atoms in total. The predicted octanol–water partition coefficient (Wildman–Crippen LogP) is 2.19. The molecule has 0 unspecified atom stereocenters. The van der Waals surface area contributed by atoms with Crippen LogP contribution < -0.4 is 0 Å². The number of hydrogen-bond acceptors (Lipinski definition) is 5. The quantitative estimate of drug-likeness (QED) is 0.309. The molecule has 0 aliphatic rings. The number of ether oxygens (including phenoxy) is 2. The van der Waals surface area contributed by atoms with Crippen LogP contribution in [0.3, 0.4) is 0 Å². The highest BCUT2D eigenvalue weighted by atomic mass is 28.4. The van der Waals surface area contributed by atoms with Gasteiger partial charge in [-0.15, -0.1) is 0 Å². The van der Waals surface area contributed by atoms with E-state index in [0.29, 0.717) is 11.1 Å². The topological polar surface area (TPSA) is 61.8 Å². The van der Waals surface area contributed by atoms with Crippen LogP contribution in [0, 0.1) is 0 Å². The van der Waals surface area contributed by atoms with Gasteiger partial charge in [0.15, 0.2) is 8.32 Å². The molecule has 0 spiro atoms. The number of hydrogen-bond donors (Lipinski definition) is 0. The standard InChI is InChI=1S/C10H14O4.C4H14OSi2/c1-7(2)9(11)13-5-6-14-10(12)8(3)4;1-6-5-7(2,3)4/h1,3,5-6H2,2,4H3;6H2,1-4H3. The molecule has 0 amide bonds. The van der Waals surface area contributed by atoms with E-state index in [4.69, 9.17) is 4.12 Å². The van der Waals surface area contributed by atoms with Crippen LogP contribution in [0.15, 0.2) is 24.3 Å². The van der Waals surface area contributed by atoms with E-state index < -0.39 is 20.3 Å². The summed E-state index contributed by atoms with van der Waals surface area (Å²) in [6.07, 6.45) is 0. The van der Waals surface area contributed by atoms with E-state index in [1.165, 1.54) is 0 Å². The van der Waals surface area contributed by atoms with E-state index in [2.05, 4.69) is 48.8 Å². The van der Waals surface area contributed by atoms with Gasteiger partial charge in [0, 0.05) is 11.1 Å². The summed E-state index contributed by atoms with van der Waals surface area (Å²) in [4.78, 5) is 21.7. The summed E-state index contributed by atoms with van der Waals surface area (Å²) >= 11 is 0. The van der Waals surface area contributed by atoms with Gasteiger partial charge in [-0.1, -0.05) is 19.7 Å². The maximum absolute atomic E-state index is 10.8. The molecule has 7 heteroatoms. The molecule has 0 aliphatic carbocycles. The van der Waals surface area contributed by atoms with Crippen molar-refractivity contribution in [3.63, 3.8) is 0 Å². The first kappa shape index (κ1) is 22.1. The molecule has 0 aromatic heterocycles. The predicted molar refractivity (Wildman–Crippen MR) is 90.4 cm³/mol. The smallest absolute Gasteiger partial charge is 0.333 e. The number of carbonyl (C=O) groups is 2. The first-order valence-corrected chi connectivity index (χ1v) is 12.2. The van der Waals surface area contributed by atoms with Crippen LogP contribution in [0.25, 0.3) is 0 Å². The van der Waals surface area contributed by atoms with Crippen molar-refractivity contribution in [1.29, 1.82) is 0 Å². The lowest BCUT2D eigenvalue weighted by Crippen LogP contribution is -2.26. The van der Waals surface area contributed by atoms with E-state index >= 15 is 0 Å². The van der Waals surface area contributed by atoms with Crippen LogP contribution in [0.5, 0.6) is 0 Å². The van der Waals surface area contributed by atoms with Crippen molar-refractivity contribution >= 4 is 30.0 Å². The summed E-state index contributed by atoms with van der Waals surface area (Å²) in [5.41, 5.74) is 0.632. The Morgan fingerprint density at radius 1 is 0.952 bits per heavy atom. The van der Waals surface area contributed by atoms with Crippen LogP contribution in [0.4, 0.5) is 0 Å². The number of esters is 2. The highest BCUT2D eigenvalue weighted by molar-refractivity contribution is 6.73. The highest BCUT2D eigenvalue weighted by Gasteiger charge is 2.10. The second kappa shape index (κ2) is 11.5. The van der Waals surface area contributed by atoms with Crippen molar-refractivity contribution < 1.29 is 23.2 Å². The molecule has 0 aliphatic heterocycles. The first-order chi connectivity index (χ1) is 9.51. The van der Waals surface area contributed by atoms with Gasteiger partial charge in [-0.05, 0) is 33.5 Å². The normalized spacial score (nSPS) is 10.6. The fourth-order valence-corrected chi connectivity index (χ4v) is 4.41. The first-order valence-electron chi connectivity index (χ1n) is 6.80. The fourth-order valence-electron chi connectivity index (χ4n) is 0.948. The zero-order valence-electron chi connectivity index (χ0n) is 14.1. The molecular weight excluding hydrogens is 304 g/mol. The van der Waals surface area contributed by atoms with Crippen molar-refractivity contribution in [1.82, 2.24) is 0 Å². The van der Waals surface area contributed by atoms with Gasteiger partial charge in [-0.2, -0.15) is 0 Å². The van der Waals surface area contributed by atoms with Gasteiger partial charge in [0.05, 0.1) is 0 Å². The van der Waals surface area contributed by atoms with Crippen molar-refractivity contribution in [2.24, 2.45) is 0 Å². The summed E-state index contributed by atoms with van der Waals surface area (Å²) in [5, 5.41) is 0. The third kappa shape index (κ3) is 16.8. The second-order valence-corrected chi connectivity index (χ2v) is 11.3. The largest absolute Gasteiger partial charge is 0.461 e. The minimum absolute atomic E-state index is 0.0325. The van der Waals surface area contributed by atoms with Crippen molar-refractivity contribution in [3.05, 3.63) is 24.3 Å². The second-order valence-electron chi connectivity index (χ2n) is 5.38. The van der Waals surface area contributed by atoms with E-state index in [-0.39, 0.29) is 23.0 Å². The van der Waals surface area contributed by atoms with Crippen LogP contribution in [-0.2, 0) is 23.2 Å². The molecule has 0 bridgehead atoms. The average molecular weight is 333 g/mol. The van der Waals surface area contributed by atoms with Crippen LogP contribution >= 0.6 is 0 Å². The Kier molecular flexibility index (Phi) is 12.1. The van der Waals surface area contributed by atoms with Gasteiger partial charge in [0.2, 0.25) is 0 Å². The Bertz CT molecular complexity index is 344. The third-order valence-corrected chi connectivity index (χ3v) is 6.44. The summed E-state index contributed by atoms with van der Waals surface area (Å²) in [6.45, 7) is 18.8. The molecule has 0 radical (unpaired) electrons. The molecule has 0 rings (SSSR count). The zero-order chi connectivity index (χ0) is 17.1. The van der Waals surface area contributed by atoms with E-state index in [1.807, 2.05) is 0 Å². The SMILES string of the molecule is C=C(C)C(=O)OCCOC(=O)C(=C)C.C[SiH2]O[Si](C)(C)C. The van der Waals surface area contributed by atoms with E-state index in [1.54, 1.807) is 13.8 Å². The van der Waals surface area contributed by atoms with Gasteiger partial charge in [-0.3, -0.25) is 0 Å². The molecule has 0 heterocycles. The summed E-state index contributed by atoms with van der Waals surface area (Å²) < 4.78 is 14.9. The Hall–Kier alpha value is -1.19. The molecule has 0 N–H and O–H groups in total. The molecule has 0 saturated carbocycles. The highest BCUT2D eigenvalue weighted by Crippen LogP contribution is 1.99. The molecule has 0 fully saturated rings. The molecule has 122 valence electrons. The summed E-state index contributed by atoms with van der Waals surface area (Å²) in [7, 11) is -1.22. The lowest BCUT2D eigenvalue weighted by molar-refractivity contribution is -0.147. The molecule has 0 atom stereocenters. The molecule has 0 aromatic carbocycles. The Balaban J connectivity index is 0. The lowest BCUT2D eigenvalue weighted by Gasteiger charge is -2.14. The van der Waals surface area contributed by atoms with Crippen molar-refractivity contribution in [2.45, 2.75) is 40.0 Å². The van der Waals surface area contributed by atoms with Crippen LogP contribution in [-0.4, -0.2) is 43.2 Å². The summed E-state index contributed by atoms with van der Waals surface area (Å²) in [5.74, 6) is -0.979. The molecule has 0 aromatic rings. The van der Waals surface area contributed by atoms with Gasteiger partial charge in [0.1, 0.15) is 23.0 Å². The van der Waals surface area contributed by atoms with E-state index in [9.17, 15) is 9.59 Å². The molecular formula is C14H28O5Si2. The Morgan fingerprint density at radius 2 is 1.29 bits per heavy atom. The summed E-state index contributed by atoms with van der Waals surface area (Å²) in [6, 6.07) is 0. The number of carbonyl (C=O) groups excluding carboxylic acids is 2. The van der Waals surface area contributed by atoms with Gasteiger partial charge < -0.3 is 13.6 Å².